The molecule has 0 radical (unpaired) electrons. The highest BCUT2D eigenvalue weighted by atomic mass is 79.9. The molecule has 6 nitrogen and oxygen atoms in total. The molecule has 10 heteroatoms. The van der Waals surface area contributed by atoms with Gasteiger partial charge in [-0.25, -0.2) is 0 Å². The van der Waals surface area contributed by atoms with E-state index in [4.69, 9.17) is 0 Å². The third kappa shape index (κ3) is 8.49. The third-order valence-corrected chi connectivity index (χ3v) is 5.20. The Morgan fingerprint density at radius 2 is 1.18 bits per heavy atom. The van der Waals surface area contributed by atoms with Gasteiger partial charge in [0.2, 0.25) is 0 Å². The first kappa shape index (κ1) is 17.8. The van der Waals surface area contributed by atoms with Gasteiger partial charge in [0.25, 0.3) is 20.2 Å². The normalized spacial score (nSPS) is 13.9. The van der Waals surface area contributed by atoms with Crippen LogP contribution in [0.2, 0.25) is 0 Å². The van der Waals surface area contributed by atoms with Crippen molar-refractivity contribution in [3.63, 3.8) is 0 Å². The first-order chi connectivity index (χ1) is 7.54. The maximum absolute atomic E-state index is 10.9. The SMILES string of the molecule is CS(=O)(=O)OCC(CBr)(CBr)COS(C)(=O)=O. The van der Waals surface area contributed by atoms with Gasteiger partial charge in [-0.15, -0.1) is 0 Å². The summed E-state index contributed by atoms with van der Waals surface area (Å²) in [6, 6.07) is 0. The highest BCUT2D eigenvalue weighted by molar-refractivity contribution is 9.09. The molecule has 0 aliphatic rings. The molecule has 104 valence electrons. The van der Waals surface area contributed by atoms with Crippen molar-refractivity contribution in [1.82, 2.24) is 0 Å². The standard InChI is InChI=1S/C7H14Br2O6S2/c1-16(10,11)14-5-7(3-8,4-9)6-15-17(2,12)13/h3-6H2,1-2H3. The van der Waals surface area contributed by atoms with E-state index in [0.29, 0.717) is 10.7 Å². The lowest BCUT2D eigenvalue weighted by Crippen LogP contribution is -2.37. The quantitative estimate of drug-likeness (QED) is 0.427. The van der Waals surface area contributed by atoms with E-state index in [1.807, 2.05) is 0 Å². The van der Waals surface area contributed by atoms with E-state index in [1.165, 1.54) is 0 Å². The molecular formula is C7H14Br2O6S2. The fourth-order valence-electron chi connectivity index (χ4n) is 0.696. The van der Waals surface area contributed by atoms with Gasteiger partial charge in [-0.05, 0) is 0 Å². The minimum atomic E-state index is -3.58. The van der Waals surface area contributed by atoms with Crippen molar-refractivity contribution in [3.05, 3.63) is 0 Å². The Morgan fingerprint density at radius 1 is 0.882 bits per heavy atom. The van der Waals surface area contributed by atoms with Crippen LogP contribution in [0.5, 0.6) is 0 Å². The molecule has 0 aromatic carbocycles. The minimum absolute atomic E-state index is 0.169. The van der Waals surface area contributed by atoms with Gasteiger partial charge in [-0.2, -0.15) is 16.8 Å². The first-order valence-corrected chi connectivity index (χ1v) is 10.2. The second-order valence-corrected chi connectivity index (χ2v) is 8.11. The van der Waals surface area contributed by atoms with Crippen molar-refractivity contribution in [1.29, 1.82) is 0 Å². The zero-order valence-corrected chi connectivity index (χ0v) is 14.2. The maximum Gasteiger partial charge on any atom is 0.264 e. The molecule has 0 spiro atoms. The summed E-state index contributed by atoms with van der Waals surface area (Å²) in [5.41, 5.74) is -0.772. The molecule has 0 heterocycles. The molecule has 0 rings (SSSR count). The van der Waals surface area contributed by atoms with Crippen LogP contribution in [-0.2, 0) is 28.6 Å². The van der Waals surface area contributed by atoms with Crippen LogP contribution in [0.1, 0.15) is 0 Å². The Kier molecular flexibility index (Phi) is 7.12. The molecule has 0 aliphatic carbocycles. The van der Waals surface area contributed by atoms with Crippen molar-refractivity contribution >= 4 is 52.1 Å². The zero-order chi connectivity index (χ0) is 13.7. The Labute approximate surface area is 119 Å². The van der Waals surface area contributed by atoms with Crippen molar-refractivity contribution in [2.45, 2.75) is 0 Å². The Bertz CT molecular complexity index is 387. The number of rotatable bonds is 8. The van der Waals surface area contributed by atoms with Crippen molar-refractivity contribution in [3.8, 4) is 0 Å². The predicted molar refractivity (Wildman–Crippen MR) is 71.6 cm³/mol. The van der Waals surface area contributed by atoms with Crippen LogP contribution in [0.4, 0.5) is 0 Å². The van der Waals surface area contributed by atoms with E-state index in [1.54, 1.807) is 0 Å². The fraction of sp³-hybridized carbons (Fsp3) is 1.00. The van der Waals surface area contributed by atoms with E-state index in [0.717, 1.165) is 12.5 Å². The van der Waals surface area contributed by atoms with Gasteiger partial charge in [0, 0.05) is 16.1 Å². The molecule has 0 amide bonds. The smallest absolute Gasteiger partial charge is 0.264 e. The molecule has 0 aliphatic heterocycles. The molecule has 0 aromatic heterocycles. The maximum atomic E-state index is 10.9. The van der Waals surface area contributed by atoms with Gasteiger partial charge in [0.15, 0.2) is 0 Å². The lowest BCUT2D eigenvalue weighted by molar-refractivity contribution is 0.129. The van der Waals surface area contributed by atoms with Gasteiger partial charge in [0.05, 0.1) is 25.7 Å². The second kappa shape index (κ2) is 6.80. The monoisotopic (exact) mass is 416 g/mol. The lowest BCUT2D eigenvalue weighted by atomic mass is 9.97. The van der Waals surface area contributed by atoms with Crippen LogP contribution in [0.15, 0.2) is 0 Å². The summed E-state index contributed by atoms with van der Waals surface area (Å²) in [7, 11) is -7.16. The van der Waals surface area contributed by atoms with E-state index < -0.39 is 25.7 Å². The predicted octanol–water partition coefficient (Wildman–Crippen LogP) is 0.715. The van der Waals surface area contributed by atoms with Crippen LogP contribution in [0.25, 0.3) is 0 Å². The molecule has 0 N–H and O–H groups in total. The fourth-order valence-corrected chi connectivity index (χ4v) is 3.20. The molecule has 17 heavy (non-hydrogen) atoms. The van der Waals surface area contributed by atoms with Crippen LogP contribution in [-0.4, -0.2) is 53.2 Å². The van der Waals surface area contributed by atoms with Crippen LogP contribution in [0.3, 0.4) is 0 Å². The summed E-state index contributed by atoms with van der Waals surface area (Å²) in [6.45, 7) is -0.338. The highest BCUT2D eigenvalue weighted by Crippen LogP contribution is 2.25. The molecule has 0 bridgehead atoms. The Hall–Kier alpha value is 0.780. The molecular weight excluding hydrogens is 404 g/mol. The van der Waals surface area contributed by atoms with Crippen molar-refractivity contribution in [2.75, 3.05) is 36.4 Å². The summed E-state index contributed by atoms with van der Waals surface area (Å²) < 4.78 is 53.0. The molecule has 0 fully saturated rings. The molecule has 0 saturated heterocycles. The van der Waals surface area contributed by atoms with Gasteiger partial charge < -0.3 is 0 Å². The molecule has 0 unspecified atom stereocenters. The minimum Gasteiger partial charge on any atom is -0.270 e. The summed E-state index contributed by atoms with van der Waals surface area (Å²) in [6.07, 6.45) is 1.86. The van der Waals surface area contributed by atoms with Gasteiger partial charge in [-0.3, -0.25) is 8.37 Å². The zero-order valence-electron chi connectivity index (χ0n) is 9.35. The van der Waals surface area contributed by atoms with E-state index in [9.17, 15) is 16.8 Å². The number of hydrogen-bond donors (Lipinski definition) is 0. The van der Waals surface area contributed by atoms with Crippen LogP contribution in [0, 0.1) is 5.41 Å². The van der Waals surface area contributed by atoms with Crippen molar-refractivity contribution < 1.29 is 25.2 Å². The molecule has 0 aromatic rings. The lowest BCUT2D eigenvalue weighted by Gasteiger charge is -2.27. The van der Waals surface area contributed by atoms with Crippen molar-refractivity contribution in [2.24, 2.45) is 5.41 Å². The molecule has 0 saturated carbocycles. The number of alkyl halides is 2. The Balaban J connectivity index is 4.67. The van der Waals surface area contributed by atoms with E-state index in [-0.39, 0.29) is 13.2 Å². The van der Waals surface area contributed by atoms with Gasteiger partial charge in [-0.1, -0.05) is 31.9 Å². The van der Waals surface area contributed by atoms with Gasteiger partial charge in [0.1, 0.15) is 0 Å². The molecule has 0 atom stereocenters. The summed E-state index contributed by atoms with van der Waals surface area (Å²) in [5, 5.41) is 0.659. The highest BCUT2D eigenvalue weighted by Gasteiger charge is 2.32. The number of hydrogen-bond acceptors (Lipinski definition) is 6. The average molecular weight is 418 g/mol. The third-order valence-electron chi connectivity index (χ3n) is 1.73. The van der Waals surface area contributed by atoms with E-state index in [2.05, 4.69) is 40.2 Å². The summed E-state index contributed by atoms with van der Waals surface area (Å²) >= 11 is 6.38. The summed E-state index contributed by atoms with van der Waals surface area (Å²) in [5.74, 6) is 0. The largest absolute Gasteiger partial charge is 0.270 e. The first-order valence-electron chi connectivity index (χ1n) is 4.34. The van der Waals surface area contributed by atoms with Gasteiger partial charge >= 0.3 is 0 Å². The second-order valence-electron chi connectivity index (χ2n) is 3.70. The van der Waals surface area contributed by atoms with E-state index >= 15 is 0 Å². The average Bonchev–Trinajstić information content (AvgIpc) is 2.16. The van der Waals surface area contributed by atoms with Crippen LogP contribution < -0.4 is 0 Å². The Morgan fingerprint density at radius 3 is 1.35 bits per heavy atom. The van der Waals surface area contributed by atoms with Crippen LogP contribution >= 0.6 is 31.9 Å². The summed E-state index contributed by atoms with van der Waals surface area (Å²) in [4.78, 5) is 0. The topological polar surface area (TPSA) is 86.7 Å². The number of halogens is 2.